The van der Waals surface area contributed by atoms with Crippen LogP contribution < -0.4 is 4.74 Å². The molecule has 1 aromatic rings. The van der Waals surface area contributed by atoms with E-state index < -0.39 is 11.3 Å². The summed E-state index contributed by atoms with van der Waals surface area (Å²) < 4.78 is 5.54. The van der Waals surface area contributed by atoms with Crippen molar-refractivity contribution in [1.82, 2.24) is 0 Å². The maximum atomic E-state index is 11.1. The van der Waals surface area contributed by atoms with Crippen molar-refractivity contribution in [2.75, 3.05) is 0 Å². The molecule has 0 radical (unpaired) electrons. The van der Waals surface area contributed by atoms with Crippen molar-refractivity contribution in [2.24, 2.45) is 5.92 Å². The second-order valence-electron chi connectivity index (χ2n) is 3.90. The fourth-order valence-corrected chi connectivity index (χ4v) is 1.58. The van der Waals surface area contributed by atoms with Crippen molar-refractivity contribution in [3.63, 3.8) is 0 Å². The second kappa shape index (κ2) is 5.17. The zero-order valence-electron chi connectivity index (χ0n) is 9.16. The Morgan fingerprint density at radius 3 is 2.53 bits per heavy atom. The van der Waals surface area contributed by atoms with E-state index >= 15 is 0 Å². The van der Waals surface area contributed by atoms with Crippen molar-refractivity contribution in [3.05, 3.63) is 29.8 Å². The van der Waals surface area contributed by atoms with Crippen LogP contribution in [0.1, 0.15) is 19.4 Å². The summed E-state index contributed by atoms with van der Waals surface area (Å²) in [6.07, 6.45) is -0.575. The number of aryl methyl sites for hydroxylation is 1. The van der Waals surface area contributed by atoms with Gasteiger partial charge in [0.15, 0.2) is 6.10 Å². The van der Waals surface area contributed by atoms with E-state index in [1.165, 1.54) is 0 Å². The molecule has 82 valence electrons. The minimum absolute atomic E-state index is 0.0653. The maximum absolute atomic E-state index is 11.1. The van der Waals surface area contributed by atoms with Crippen molar-refractivity contribution >= 4 is 16.8 Å². The zero-order chi connectivity index (χ0) is 11.4. The van der Waals surface area contributed by atoms with Crippen molar-refractivity contribution in [2.45, 2.75) is 26.9 Å². The Morgan fingerprint density at radius 2 is 2.07 bits per heavy atom. The van der Waals surface area contributed by atoms with Crippen LogP contribution in [-0.2, 0) is 4.79 Å². The number of ether oxygens (including phenoxy) is 1. The minimum Gasteiger partial charge on any atom is -0.481 e. The highest BCUT2D eigenvalue weighted by molar-refractivity contribution is 6.64. The molecule has 0 aliphatic rings. The Morgan fingerprint density at radius 1 is 1.40 bits per heavy atom. The van der Waals surface area contributed by atoms with Gasteiger partial charge in [0.25, 0.3) is 5.24 Å². The normalized spacial score (nSPS) is 12.6. The molecule has 15 heavy (non-hydrogen) atoms. The molecule has 0 aliphatic heterocycles. The van der Waals surface area contributed by atoms with Crippen LogP contribution >= 0.6 is 11.6 Å². The summed E-state index contributed by atoms with van der Waals surface area (Å²) in [5, 5.41) is -0.452. The molecule has 1 atom stereocenters. The Labute approximate surface area is 95.2 Å². The summed E-state index contributed by atoms with van der Waals surface area (Å²) in [6, 6.07) is 7.57. The largest absolute Gasteiger partial charge is 0.481 e. The average Bonchev–Trinajstić information content (AvgIpc) is 2.13. The average molecular weight is 227 g/mol. The van der Waals surface area contributed by atoms with Crippen molar-refractivity contribution < 1.29 is 9.53 Å². The Hall–Kier alpha value is -1.02. The number of carbonyl (C=O) groups excluding carboxylic acids is 1. The van der Waals surface area contributed by atoms with E-state index in [-0.39, 0.29) is 5.92 Å². The van der Waals surface area contributed by atoms with Crippen LogP contribution in [0, 0.1) is 12.8 Å². The van der Waals surface area contributed by atoms with E-state index in [4.69, 9.17) is 16.3 Å². The number of carbonyl (C=O) groups is 1. The Kier molecular flexibility index (Phi) is 4.15. The number of rotatable bonds is 4. The van der Waals surface area contributed by atoms with Crippen LogP contribution in [0.4, 0.5) is 0 Å². The molecule has 0 spiro atoms. The summed E-state index contributed by atoms with van der Waals surface area (Å²) in [5.41, 5.74) is 1.09. The van der Waals surface area contributed by atoms with Gasteiger partial charge in [-0.3, -0.25) is 4.79 Å². The van der Waals surface area contributed by atoms with Crippen molar-refractivity contribution in [1.29, 1.82) is 0 Å². The molecule has 0 fully saturated rings. The molecule has 3 heteroatoms. The highest BCUT2D eigenvalue weighted by atomic mass is 35.5. The van der Waals surface area contributed by atoms with Gasteiger partial charge in [-0.1, -0.05) is 26.0 Å². The van der Waals surface area contributed by atoms with E-state index in [1.807, 2.05) is 45.0 Å². The van der Waals surface area contributed by atoms with Crippen LogP contribution in [0.5, 0.6) is 5.75 Å². The first-order valence-corrected chi connectivity index (χ1v) is 5.31. The topological polar surface area (TPSA) is 26.3 Å². The Bertz CT molecular complexity index is 347. The third-order valence-electron chi connectivity index (χ3n) is 2.08. The quantitative estimate of drug-likeness (QED) is 0.738. The summed E-state index contributed by atoms with van der Waals surface area (Å²) in [7, 11) is 0. The summed E-state index contributed by atoms with van der Waals surface area (Å²) >= 11 is 5.46. The first-order chi connectivity index (χ1) is 7.00. The van der Waals surface area contributed by atoms with E-state index in [9.17, 15) is 4.79 Å². The van der Waals surface area contributed by atoms with Crippen LogP contribution in [0.3, 0.4) is 0 Å². The van der Waals surface area contributed by atoms with Gasteiger partial charge in [-0.15, -0.1) is 0 Å². The van der Waals surface area contributed by atoms with E-state index in [1.54, 1.807) is 0 Å². The number of hydrogen-bond acceptors (Lipinski definition) is 2. The first kappa shape index (κ1) is 12.1. The molecule has 0 N–H and O–H groups in total. The van der Waals surface area contributed by atoms with E-state index in [0.717, 1.165) is 5.56 Å². The van der Waals surface area contributed by atoms with Crippen LogP contribution in [0.2, 0.25) is 0 Å². The van der Waals surface area contributed by atoms with Gasteiger partial charge >= 0.3 is 0 Å². The molecule has 0 aromatic heterocycles. The summed E-state index contributed by atoms with van der Waals surface area (Å²) in [6.45, 7) is 5.78. The van der Waals surface area contributed by atoms with Gasteiger partial charge in [-0.25, -0.2) is 0 Å². The number of hydrogen-bond donors (Lipinski definition) is 0. The van der Waals surface area contributed by atoms with E-state index in [2.05, 4.69) is 0 Å². The summed E-state index contributed by atoms with van der Waals surface area (Å²) in [4.78, 5) is 11.1. The van der Waals surface area contributed by atoms with Gasteiger partial charge in [-0.2, -0.15) is 0 Å². The molecular formula is C12H15ClO2. The summed E-state index contributed by atoms with van der Waals surface area (Å²) in [5.74, 6) is 0.748. The highest BCUT2D eigenvalue weighted by Gasteiger charge is 2.22. The highest BCUT2D eigenvalue weighted by Crippen LogP contribution is 2.18. The monoisotopic (exact) mass is 226 g/mol. The number of halogens is 1. The van der Waals surface area contributed by atoms with Gasteiger partial charge in [0.2, 0.25) is 0 Å². The fourth-order valence-electron chi connectivity index (χ4n) is 1.28. The molecule has 1 aromatic carbocycles. The predicted octanol–water partition coefficient (Wildman–Crippen LogP) is 3.16. The van der Waals surface area contributed by atoms with E-state index in [0.29, 0.717) is 5.75 Å². The lowest BCUT2D eigenvalue weighted by atomic mass is 10.1. The molecule has 0 aliphatic carbocycles. The number of benzene rings is 1. The first-order valence-electron chi connectivity index (χ1n) is 4.93. The SMILES string of the molecule is Cc1cccc(OC(C(=O)Cl)C(C)C)c1. The molecule has 2 nitrogen and oxygen atoms in total. The zero-order valence-corrected chi connectivity index (χ0v) is 9.91. The lowest BCUT2D eigenvalue weighted by Gasteiger charge is -2.18. The standard InChI is InChI=1S/C12H15ClO2/c1-8(2)11(12(13)14)15-10-6-4-5-9(3)7-10/h4-8,11H,1-3H3. The molecule has 0 heterocycles. The Balaban J connectivity index is 2.79. The molecule has 0 amide bonds. The van der Waals surface area contributed by atoms with Gasteiger partial charge < -0.3 is 4.74 Å². The van der Waals surface area contributed by atoms with Gasteiger partial charge in [-0.05, 0) is 42.1 Å². The lowest BCUT2D eigenvalue weighted by Crippen LogP contribution is -2.29. The second-order valence-corrected chi connectivity index (χ2v) is 4.28. The minimum atomic E-state index is -0.575. The lowest BCUT2D eigenvalue weighted by molar-refractivity contribution is -0.119. The van der Waals surface area contributed by atoms with Crippen LogP contribution in [-0.4, -0.2) is 11.3 Å². The molecule has 0 bridgehead atoms. The van der Waals surface area contributed by atoms with Crippen LogP contribution in [0.25, 0.3) is 0 Å². The van der Waals surface area contributed by atoms with Gasteiger partial charge in [0.1, 0.15) is 5.75 Å². The van der Waals surface area contributed by atoms with Crippen molar-refractivity contribution in [3.8, 4) is 5.75 Å². The van der Waals surface area contributed by atoms with Gasteiger partial charge in [0, 0.05) is 0 Å². The molecule has 0 saturated carbocycles. The molecule has 0 saturated heterocycles. The molecular weight excluding hydrogens is 212 g/mol. The molecule has 1 unspecified atom stereocenters. The predicted molar refractivity (Wildman–Crippen MR) is 61.3 cm³/mol. The van der Waals surface area contributed by atoms with Crippen LogP contribution in [0.15, 0.2) is 24.3 Å². The molecule has 1 rings (SSSR count). The van der Waals surface area contributed by atoms with Gasteiger partial charge in [0.05, 0.1) is 0 Å². The fraction of sp³-hybridized carbons (Fsp3) is 0.417. The maximum Gasteiger partial charge on any atom is 0.262 e. The third kappa shape index (κ3) is 3.56. The third-order valence-corrected chi connectivity index (χ3v) is 2.30. The smallest absolute Gasteiger partial charge is 0.262 e.